The Bertz CT molecular complexity index is 1110. The number of imidazole rings is 1. The van der Waals surface area contributed by atoms with E-state index in [0.29, 0.717) is 52.1 Å². The van der Waals surface area contributed by atoms with Crippen LogP contribution in [0.1, 0.15) is 57.7 Å². The highest BCUT2D eigenvalue weighted by Gasteiger charge is 2.44. The number of aromatic nitrogens is 3. The number of aromatic amines is 1. The van der Waals surface area contributed by atoms with Crippen molar-refractivity contribution in [2.45, 2.75) is 64.6 Å². The second-order valence-electron chi connectivity index (χ2n) is 9.24. The van der Waals surface area contributed by atoms with Gasteiger partial charge in [-0.25, -0.2) is 14.4 Å². The monoisotopic (exact) mass is 490 g/mol. The molecule has 178 valence electrons. The van der Waals surface area contributed by atoms with Gasteiger partial charge in [-0.1, -0.05) is 53.1 Å². The van der Waals surface area contributed by atoms with Gasteiger partial charge in [-0.05, 0) is 40.9 Å². The van der Waals surface area contributed by atoms with E-state index in [1.807, 2.05) is 0 Å². The van der Waals surface area contributed by atoms with Gasteiger partial charge in [-0.2, -0.15) is 0 Å². The normalized spacial score (nSPS) is 12.3. The zero-order chi connectivity index (χ0) is 24.3. The molecule has 1 aromatic carbocycles. The Morgan fingerprint density at radius 3 is 2.42 bits per heavy atom. The van der Waals surface area contributed by atoms with E-state index in [0.717, 1.165) is 5.82 Å². The summed E-state index contributed by atoms with van der Waals surface area (Å²) in [5, 5.41) is 2.69. The highest BCUT2D eigenvalue weighted by atomic mass is 35.5. The molecule has 0 unspecified atom stereocenters. The van der Waals surface area contributed by atoms with Crippen LogP contribution in [0.3, 0.4) is 0 Å². The van der Waals surface area contributed by atoms with Gasteiger partial charge in [0, 0.05) is 24.9 Å². The molecule has 3 rings (SSSR count). The molecule has 0 bridgehead atoms. The van der Waals surface area contributed by atoms with Gasteiger partial charge >= 0.3 is 0 Å². The number of fused-ring (bicyclic) bond motifs is 1. The molecule has 2 aromatic heterocycles. The molecule has 1 amide bonds. The number of amides is 1. The predicted molar refractivity (Wildman–Crippen MR) is 134 cm³/mol. The fourth-order valence-corrected chi connectivity index (χ4v) is 10.5. The Balaban J connectivity index is 1.77. The summed E-state index contributed by atoms with van der Waals surface area (Å²) in [6.45, 7) is 14.1. The number of pyridine rings is 1. The molecule has 0 aliphatic rings. The zero-order valence-electron chi connectivity index (χ0n) is 20.0. The number of H-pyrrole nitrogens is 1. The van der Waals surface area contributed by atoms with Crippen molar-refractivity contribution in [3.63, 3.8) is 0 Å². The van der Waals surface area contributed by atoms with Crippen molar-refractivity contribution in [3.8, 4) is 0 Å². The van der Waals surface area contributed by atoms with Crippen molar-refractivity contribution in [2.75, 3.05) is 11.9 Å². The van der Waals surface area contributed by atoms with Crippen LogP contribution in [0.2, 0.25) is 21.6 Å². The average Bonchev–Trinajstić information content (AvgIpc) is 3.15. The first-order valence-corrected chi connectivity index (χ1v) is 13.8. The molecule has 0 saturated carbocycles. The van der Waals surface area contributed by atoms with Gasteiger partial charge in [0.1, 0.15) is 11.6 Å². The van der Waals surface area contributed by atoms with Crippen molar-refractivity contribution >= 4 is 42.7 Å². The number of hydrogen-bond donors (Lipinski definition) is 2. The molecule has 2 N–H and O–H groups in total. The molecular weight excluding hydrogens is 459 g/mol. The number of anilines is 1. The van der Waals surface area contributed by atoms with Gasteiger partial charge in [0.25, 0.3) is 5.91 Å². The molecule has 9 heteroatoms. The summed E-state index contributed by atoms with van der Waals surface area (Å²) in [6.07, 6.45) is 2.15. The van der Waals surface area contributed by atoms with Crippen LogP contribution in [0.5, 0.6) is 0 Å². The van der Waals surface area contributed by atoms with E-state index in [9.17, 15) is 9.18 Å². The lowest BCUT2D eigenvalue weighted by Crippen LogP contribution is -2.48. The Morgan fingerprint density at radius 1 is 1.15 bits per heavy atom. The minimum Gasteiger partial charge on any atom is -0.416 e. The second kappa shape index (κ2) is 10.3. The lowest BCUT2D eigenvalue weighted by atomic mass is 10.2. The maximum absolute atomic E-state index is 13.4. The molecule has 0 aliphatic heterocycles. The molecule has 33 heavy (non-hydrogen) atoms. The van der Waals surface area contributed by atoms with Crippen molar-refractivity contribution in [2.24, 2.45) is 0 Å². The van der Waals surface area contributed by atoms with Gasteiger partial charge in [-0.15, -0.1) is 0 Å². The van der Waals surface area contributed by atoms with Crippen LogP contribution < -0.4 is 5.32 Å². The largest absolute Gasteiger partial charge is 0.416 e. The van der Waals surface area contributed by atoms with Crippen molar-refractivity contribution in [1.82, 2.24) is 15.0 Å². The number of hydrogen-bond acceptors (Lipinski definition) is 4. The quantitative estimate of drug-likeness (QED) is 0.325. The summed E-state index contributed by atoms with van der Waals surface area (Å²) in [6, 6.07) is 5.66. The first-order valence-electron chi connectivity index (χ1n) is 11.3. The SMILES string of the molecule is CC(C)[Si](OCCc1nc2nccc(C(=O)Nc3ccc(F)c(Cl)c3)c2[nH]1)(C(C)C)C(C)C. The van der Waals surface area contributed by atoms with Crippen molar-refractivity contribution < 1.29 is 13.6 Å². The fourth-order valence-electron chi connectivity index (χ4n) is 4.86. The maximum atomic E-state index is 13.4. The Kier molecular flexibility index (Phi) is 7.92. The third-order valence-corrected chi connectivity index (χ3v) is 12.7. The maximum Gasteiger partial charge on any atom is 0.257 e. The van der Waals surface area contributed by atoms with Gasteiger partial charge in [-0.3, -0.25) is 4.79 Å². The molecule has 0 atom stereocenters. The third-order valence-electron chi connectivity index (χ3n) is 6.26. The standard InChI is InChI=1S/C24H32ClFN4O2Si/c1-14(2)33(15(3)4,16(5)6)32-12-10-21-29-22-18(9-11-27-23(22)30-21)24(31)28-17-7-8-20(26)19(25)13-17/h7-9,11,13-16H,10,12H2,1-6H3,(H,28,31)(H,27,29,30). The lowest BCUT2D eigenvalue weighted by Gasteiger charge is -2.42. The van der Waals surface area contributed by atoms with Crippen LogP contribution in [-0.2, 0) is 10.8 Å². The molecule has 0 saturated heterocycles. The predicted octanol–water partition coefficient (Wildman–Crippen LogP) is 6.74. The summed E-state index contributed by atoms with van der Waals surface area (Å²) >= 11 is 5.82. The second-order valence-corrected chi connectivity index (χ2v) is 15.1. The van der Waals surface area contributed by atoms with Crippen LogP contribution in [0.15, 0.2) is 30.5 Å². The number of nitrogens with one attached hydrogen (secondary N) is 2. The lowest BCUT2D eigenvalue weighted by molar-refractivity contribution is 0.102. The number of carbonyl (C=O) groups is 1. The van der Waals surface area contributed by atoms with E-state index < -0.39 is 14.1 Å². The minimum absolute atomic E-state index is 0.0553. The van der Waals surface area contributed by atoms with Crippen LogP contribution >= 0.6 is 11.6 Å². The van der Waals surface area contributed by atoms with Crippen LogP contribution in [-0.4, -0.2) is 35.8 Å². The number of halogens is 2. The van der Waals surface area contributed by atoms with Crippen LogP contribution in [0.25, 0.3) is 11.2 Å². The summed E-state index contributed by atoms with van der Waals surface area (Å²) < 4.78 is 20.0. The van der Waals surface area contributed by atoms with E-state index in [2.05, 4.69) is 61.8 Å². The number of nitrogens with zero attached hydrogens (tertiary/aromatic N) is 2. The Hall–Kier alpha value is -2.29. The van der Waals surface area contributed by atoms with Gasteiger partial charge in [0.05, 0.1) is 16.1 Å². The van der Waals surface area contributed by atoms with Gasteiger partial charge < -0.3 is 14.7 Å². The number of rotatable bonds is 9. The molecule has 0 aliphatic carbocycles. The highest BCUT2D eigenvalue weighted by Crippen LogP contribution is 2.42. The van der Waals surface area contributed by atoms with Crippen molar-refractivity contribution in [1.29, 1.82) is 0 Å². The van der Waals surface area contributed by atoms with Gasteiger partial charge in [0.2, 0.25) is 0 Å². The fraction of sp³-hybridized carbons (Fsp3) is 0.458. The topological polar surface area (TPSA) is 79.9 Å². The molecule has 3 aromatic rings. The van der Waals surface area contributed by atoms with Gasteiger partial charge in [0.15, 0.2) is 14.0 Å². The van der Waals surface area contributed by atoms with Crippen molar-refractivity contribution in [3.05, 3.63) is 52.7 Å². The Labute approximate surface area is 200 Å². The first kappa shape index (κ1) is 25.3. The van der Waals surface area contributed by atoms with E-state index in [-0.39, 0.29) is 10.9 Å². The summed E-state index contributed by atoms with van der Waals surface area (Å²) in [4.78, 5) is 25.0. The van der Waals surface area contributed by atoms with E-state index in [1.165, 1.54) is 18.2 Å². The highest BCUT2D eigenvalue weighted by molar-refractivity contribution is 6.77. The molecular formula is C24H32ClFN4O2Si. The Morgan fingerprint density at radius 2 is 1.82 bits per heavy atom. The van der Waals surface area contributed by atoms with E-state index >= 15 is 0 Å². The molecule has 0 spiro atoms. The molecule has 0 fully saturated rings. The average molecular weight is 491 g/mol. The molecule has 6 nitrogen and oxygen atoms in total. The molecule has 2 heterocycles. The zero-order valence-corrected chi connectivity index (χ0v) is 21.8. The summed E-state index contributed by atoms with van der Waals surface area (Å²) in [7, 11) is -1.96. The summed E-state index contributed by atoms with van der Waals surface area (Å²) in [5.41, 5.74) is 3.34. The minimum atomic E-state index is -1.96. The van der Waals surface area contributed by atoms with Crippen LogP contribution in [0, 0.1) is 5.82 Å². The first-order chi connectivity index (χ1) is 15.6. The molecule has 0 radical (unpaired) electrons. The van der Waals surface area contributed by atoms with E-state index in [1.54, 1.807) is 12.3 Å². The number of benzene rings is 1. The van der Waals surface area contributed by atoms with Crippen LogP contribution in [0.4, 0.5) is 10.1 Å². The third kappa shape index (κ3) is 5.28. The summed E-state index contributed by atoms with van der Waals surface area (Å²) in [5.74, 6) is -0.176. The number of carbonyl (C=O) groups excluding carboxylic acids is 1. The smallest absolute Gasteiger partial charge is 0.257 e. The van der Waals surface area contributed by atoms with E-state index in [4.69, 9.17) is 16.0 Å².